The molecule has 0 fully saturated rings. The molecule has 0 bridgehead atoms. The number of aryl methyl sites for hydroxylation is 2. The number of H-pyrrole nitrogens is 1. The number of halogens is 1. The second-order valence-corrected chi connectivity index (χ2v) is 7.60. The molecule has 116 valence electrons. The summed E-state index contributed by atoms with van der Waals surface area (Å²) in [4.78, 5) is 17.4. The molecule has 1 aromatic carbocycles. The number of fused-ring (bicyclic) bond motifs is 2. The van der Waals surface area contributed by atoms with Crippen LogP contribution < -0.4 is 5.43 Å². The summed E-state index contributed by atoms with van der Waals surface area (Å²) in [5.41, 5.74) is 5.92. The van der Waals surface area contributed by atoms with E-state index in [0.717, 1.165) is 38.7 Å². The van der Waals surface area contributed by atoms with E-state index in [1.807, 2.05) is 30.5 Å². The molecule has 0 unspecified atom stereocenters. The first-order chi connectivity index (χ1) is 11.2. The molecule has 4 rings (SSSR count). The number of thiophene rings is 1. The number of hydrogen-bond acceptors (Lipinski definition) is 3. The molecule has 0 saturated heterocycles. The van der Waals surface area contributed by atoms with Gasteiger partial charge in [0.05, 0.1) is 11.1 Å². The van der Waals surface area contributed by atoms with Crippen molar-refractivity contribution in [3.8, 4) is 0 Å². The number of aromatic amines is 1. The second kappa shape index (κ2) is 5.94. The molecular formula is C17H14BrN3OS. The van der Waals surface area contributed by atoms with Crippen LogP contribution >= 0.6 is 27.3 Å². The minimum atomic E-state index is -0.137. The van der Waals surface area contributed by atoms with Gasteiger partial charge >= 0.3 is 0 Å². The van der Waals surface area contributed by atoms with Crippen LogP contribution in [-0.4, -0.2) is 17.1 Å². The first kappa shape index (κ1) is 14.7. The maximum Gasteiger partial charge on any atom is 0.281 e. The molecule has 0 spiro atoms. The number of hydrazone groups is 1. The molecule has 6 heteroatoms. The SMILES string of the molecule is O=C(N/N=C/c1c[nH]c2ccc(Br)cc12)c1cc2c(s1)CCC2. The quantitative estimate of drug-likeness (QED) is 0.512. The summed E-state index contributed by atoms with van der Waals surface area (Å²) in [7, 11) is 0. The Morgan fingerprint density at radius 1 is 1.35 bits per heavy atom. The number of amides is 1. The highest BCUT2D eigenvalue weighted by molar-refractivity contribution is 9.10. The number of carbonyl (C=O) groups excluding carboxylic acids is 1. The minimum Gasteiger partial charge on any atom is -0.361 e. The number of hydrogen-bond donors (Lipinski definition) is 2. The van der Waals surface area contributed by atoms with Gasteiger partial charge in [0.1, 0.15) is 0 Å². The van der Waals surface area contributed by atoms with Crippen LogP contribution in [0, 0.1) is 0 Å². The standard InChI is InChI=1S/C17H14BrN3OS/c18-12-4-5-14-13(7-12)11(8-19-14)9-20-21-17(22)16-6-10-2-1-3-15(10)23-16/h4-9,19H,1-3H2,(H,21,22)/b20-9+. The summed E-state index contributed by atoms with van der Waals surface area (Å²) >= 11 is 5.05. The van der Waals surface area contributed by atoms with E-state index in [1.54, 1.807) is 17.6 Å². The van der Waals surface area contributed by atoms with Crippen molar-refractivity contribution in [2.24, 2.45) is 5.10 Å². The molecule has 2 heterocycles. The van der Waals surface area contributed by atoms with Crippen molar-refractivity contribution in [1.29, 1.82) is 0 Å². The normalized spacial score (nSPS) is 13.8. The van der Waals surface area contributed by atoms with Crippen molar-refractivity contribution >= 4 is 50.3 Å². The van der Waals surface area contributed by atoms with Gasteiger partial charge in [-0.1, -0.05) is 15.9 Å². The van der Waals surface area contributed by atoms with Gasteiger partial charge < -0.3 is 4.98 Å². The summed E-state index contributed by atoms with van der Waals surface area (Å²) in [6.07, 6.45) is 6.95. The molecule has 3 aromatic rings. The zero-order valence-corrected chi connectivity index (χ0v) is 14.6. The van der Waals surface area contributed by atoms with Crippen molar-refractivity contribution in [2.75, 3.05) is 0 Å². The molecule has 23 heavy (non-hydrogen) atoms. The van der Waals surface area contributed by atoms with Gasteiger partial charge in [0.2, 0.25) is 0 Å². The summed E-state index contributed by atoms with van der Waals surface area (Å²) in [6.45, 7) is 0. The van der Waals surface area contributed by atoms with E-state index in [1.165, 1.54) is 16.9 Å². The molecular weight excluding hydrogens is 374 g/mol. The van der Waals surface area contributed by atoms with Gasteiger partial charge in [-0.2, -0.15) is 5.10 Å². The van der Waals surface area contributed by atoms with Crippen LogP contribution in [-0.2, 0) is 12.8 Å². The average Bonchev–Trinajstić information content (AvgIpc) is 3.21. The predicted molar refractivity (Wildman–Crippen MR) is 97.4 cm³/mol. The predicted octanol–water partition coefficient (Wildman–Crippen LogP) is 4.24. The van der Waals surface area contributed by atoms with Gasteiger partial charge in [-0.25, -0.2) is 5.43 Å². The largest absolute Gasteiger partial charge is 0.361 e. The monoisotopic (exact) mass is 387 g/mol. The Morgan fingerprint density at radius 3 is 3.13 bits per heavy atom. The third kappa shape index (κ3) is 2.84. The fourth-order valence-electron chi connectivity index (χ4n) is 2.88. The lowest BCUT2D eigenvalue weighted by molar-refractivity contribution is 0.0959. The van der Waals surface area contributed by atoms with Crippen LogP contribution in [0.25, 0.3) is 10.9 Å². The number of nitrogens with zero attached hydrogens (tertiary/aromatic N) is 1. The maximum atomic E-state index is 12.2. The number of aromatic nitrogens is 1. The molecule has 0 saturated carbocycles. The van der Waals surface area contributed by atoms with E-state index < -0.39 is 0 Å². The maximum absolute atomic E-state index is 12.2. The topological polar surface area (TPSA) is 57.2 Å². The smallest absolute Gasteiger partial charge is 0.281 e. The molecule has 2 N–H and O–H groups in total. The van der Waals surface area contributed by atoms with Gasteiger partial charge in [-0.3, -0.25) is 4.79 Å². The number of benzene rings is 1. The fraction of sp³-hybridized carbons (Fsp3) is 0.176. The van der Waals surface area contributed by atoms with Crippen LogP contribution in [0.5, 0.6) is 0 Å². The second-order valence-electron chi connectivity index (χ2n) is 5.55. The van der Waals surface area contributed by atoms with Crippen LogP contribution in [0.1, 0.15) is 32.1 Å². The number of nitrogens with one attached hydrogen (secondary N) is 2. The van der Waals surface area contributed by atoms with Crippen molar-refractivity contribution in [2.45, 2.75) is 19.3 Å². The van der Waals surface area contributed by atoms with Crippen LogP contribution in [0.2, 0.25) is 0 Å². The molecule has 1 aliphatic carbocycles. The van der Waals surface area contributed by atoms with Crippen molar-refractivity contribution in [3.63, 3.8) is 0 Å². The van der Waals surface area contributed by atoms with Crippen molar-refractivity contribution in [3.05, 3.63) is 55.8 Å². The number of rotatable bonds is 3. The first-order valence-electron chi connectivity index (χ1n) is 7.42. The van der Waals surface area contributed by atoms with E-state index in [9.17, 15) is 4.79 Å². The van der Waals surface area contributed by atoms with Crippen LogP contribution in [0.4, 0.5) is 0 Å². The molecule has 0 atom stereocenters. The highest BCUT2D eigenvalue weighted by Crippen LogP contribution is 2.30. The summed E-state index contributed by atoms with van der Waals surface area (Å²) in [6, 6.07) is 8.01. The van der Waals surface area contributed by atoms with E-state index in [4.69, 9.17) is 0 Å². The third-order valence-electron chi connectivity index (χ3n) is 4.02. The molecule has 1 aliphatic rings. The van der Waals surface area contributed by atoms with E-state index in [0.29, 0.717) is 0 Å². The zero-order chi connectivity index (χ0) is 15.8. The molecule has 1 amide bonds. The van der Waals surface area contributed by atoms with E-state index >= 15 is 0 Å². The van der Waals surface area contributed by atoms with Crippen LogP contribution in [0.15, 0.2) is 40.0 Å². The van der Waals surface area contributed by atoms with E-state index in [-0.39, 0.29) is 5.91 Å². The summed E-state index contributed by atoms with van der Waals surface area (Å²) in [5, 5.41) is 5.16. The highest BCUT2D eigenvalue weighted by atomic mass is 79.9. The van der Waals surface area contributed by atoms with Gasteiger partial charge in [0, 0.05) is 32.0 Å². The van der Waals surface area contributed by atoms with Crippen LogP contribution in [0.3, 0.4) is 0 Å². The van der Waals surface area contributed by atoms with Gasteiger partial charge in [-0.15, -0.1) is 11.3 Å². The van der Waals surface area contributed by atoms with Crippen molar-refractivity contribution < 1.29 is 4.79 Å². The molecule has 4 nitrogen and oxygen atoms in total. The highest BCUT2D eigenvalue weighted by Gasteiger charge is 2.18. The fourth-order valence-corrected chi connectivity index (χ4v) is 4.38. The third-order valence-corrected chi connectivity index (χ3v) is 5.75. The lowest BCUT2D eigenvalue weighted by Crippen LogP contribution is -2.16. The summed E-state index contributed by atoms with van der Waals surface area (Å²) < 4.78 is 1.01. The Kier molecular flexibility index (Phi) is 3.79. The zero-order valence-electron chi connectivity index (χ0n) is 12.2. The summed E-state index contributed by atoms with van der Waals surface area (Å²) in [5.74, 6) is -0.137. The molecule has 2 aromatic heterocycles. The molecule has 0 aliphatic heterocycles. The van der Waals surface area contributed by atoms with Gasteiger partial charge in [0.25, 0.3) is 5.91 Å². The Bertz CT molecular complexity index is 904. The molecule has 0 radical (unpaired) electrons. The van der Waals surface area contributed by atoms with Crippen molar-refractivity contribution in [1.82, 2.24) is 10.4 Å². The van der Waals surface area contributed by atoms with Gasteiger partial charge in [0.15, 0.2) is 0 Å². The Hall–Kier alpha value is -1.92. The number of carbonyl (C=O) groups is 1. The minimum absolute atomic E-state index is 0.137. The van der Waals surface area contributed by atoms with E-state index in [2.05, 4.69) is 31.4 Å². The van der Waals surface area contributed by atoms with Gasteiger partial charge in [-0.05, 0) is 49.1 Å². The first-order valence-corrected chi connectivity index (χ1v) is 9.03. The average molecular weight is 388 g/mol. The Labute approximate surface area is 145 Å². The lowest BCUT2D eigenvalue weighted by Gasteiger charge is -1.96. The lowest BCUT2D eigenvalue weighted by atomic mass is 10.2. The Morgan fingerprint density at radius 2 is 2.26 bits per heavy atom. The Balaban J connectivity index is 1.49.